The Labute approximate surface area is 257 Å². The van der Waals surface area contributed by atoms with Crippen LogP contribution in [0.25, 0.3) is 0 Å². The van der Waals surface area contributed by atoms with Crippen LogP contribution in [-0.4, -0.2) is 58.2 Å². The molecule has 7 nitrogen and oxygen atoms in total. The zero-order valence-electron chi connectivity index (χ0n) is 25.9. The first-order valence-electron chi connectivity index (χ1n) is 16.7. The van der Waals surface area contributed by atoms with Gasteiger partial charge in [0.15, 0.2) is 18.9 Å². The number of rotatable bonds is 25. The summed E-state index contributed by atoms with van der Waals surface area (Å²) in [6.07, 6.45) is 29.1. The third kappa shape index (κ3) is 17.3. The lowest BCUT2D eigenvalue weighted by atomic mass is 9.85. The third-order valence-electron chi connectivity index (χ3n) is 8.09. The molecular weight excluding hydrogens is 546 g/mol. The Balaban J connectivity index is 1.17. The molecule has 0 aromatic carbocycles. The SMILES string of the molecule is O=S(CCOCC[n+]1ccccc1)CC(COCCCCCCCCCCCCC1CCCCC1)Oc1ncccn1. The highest BCUT2D eigenvalue weighted by molar-refractivity contribution is 7.85. The van der Waals surface area contributed by atoms with Crippen LogP contribution in [0.2, 0.25) is 0 Å². The average molecular weight is 603 g/mol. The molecule has 0 bridgehead atoms. The molecule has 0 radical (unpaired) electrons. The highest BCUT2D eigenvalue weighted by Gasteiger charge is 2.17. The van der Waals surface area contributed by atoms with Crippen molar-refractivity contribution in [3.8, 4) is 6.01 Å². The van der Waals surface area contributed by atoms with Crippen LogP contribution in [0.5, 0.6) is 6.01 Å². The molecule has 0 spiro atoms. The van der Waals surface area contributed by atoms with Crippen molar-refractivity contribution in [2.75, 3.05) is 37.9 Å². The summed E-state index contributed by atoms with van der Waals surface area (Å²) in [4.78, 5) is 8.32. The van der Waals surface area contributed by atoms with Crippen LogP contribution in [0.3, 0.4) is 0 Å². The van der Waals surface area contributed by atoms with Gasteiger partial charge in [0.2, 0.25) is 0 Å². The lowest BCUT2D eigenvalue weighted by Crippen LogP contribution is -2.35. The molecule has 8 heteroatoms. The topological polar surface area (TPSA) is 74.4 Å². The molecule has 1 saturated carbocycles. The van der Waals surface area contributed by atoms with Crippen LogP contribution >= 0.6 is 0 Å². The maximum Gasteiger partial charge on any atom is 0.316 e. The highest BCUT2D eigenvalue weighted by atomic mass is 32.2. The summed E-state index contributed by atoms with van der Waals surface area (Å²) in [5, 5.41) is 0. The van der Waals surface area contributed by atoms with E-state index < -0.39 is 10.8 Å². The van der Waals surface area contributed by atoms with Crippen molar-refractivity contribution in [1.29, 1.82) is 0 Å². The van der Waals surface area contributed by atoms with Gasteiger partial charge in [0.25, 0.3) is 0 Å². The average Bonchev–Trinajstić information content (AvgIpc) is 3.02. The van der Waals surface area contributed by atoms with Gasteiger partial charge >= 0.3 is 6.01 Å². The monoisotopic (exact) mass is 602 g/mol. The fourth-order valence-electron chi connectivity index (χ4n) is 5.65. The molecule has 2 unspecified atom stereocenters. The van der Waals surface area contributed by atoms with E-state index in [9.17, 15) is 4.21 Å². The molecule has 0 saturated heterocycles. The fourth-order valence-corrected chi connectivity index (χ4v) is 6.70. The van der Waals surface area contributed by atoms with Gasteiger partial charge in [-0.25, -0.2) is 14.5 Å². The van der Waals surface area contributed by atoms with E-state index >= 15 is 0 Å². The van der Waals surface area contributed by atoms with E-state index in [0.717, 1.165) is 18.9 Å². The number of nitrogens with zero attached hydrogens (tertiary/aromatic N) is 3. The molecule has 1 aliphatic carbocycles. The number of pyridine rings is 1. The quantitative estimate of drug-likeness (QED) is 0.0913. The summed E-state index contributed by atoms with van der Waals surface area (Å²) in [5.74, 6) is 1.88. The van der Waals surface area contributed by atoms with Crippen LogP contribution < -0.4 is 9.30 Å². The maximum atomic E-state index is 12.7. The highest BCUT2D eigenvalue weighted by Crippen LogP contribution is 2.28. The zero-order chi connectivity index (χ0) is 29.3. The van der Waals surface area contributed by atoms with Crippen molar-refractivity contribution >= 4 is 10.8 Å². The number of ether oxygens (including phenoxy) is 3. The number of hydrogen-bond donors (Lipinski definition) is 0. The van der Waals surface area contributed by atoms with Crippen molar-refractivity contribution in [3.63, 3.8) is 0 Å². The van der Waals surface area contributed by atoms with Gasteiger partial charge in [-0.15, -0.1) is 0 Å². The van der Waals surface area contributed by atoms with Gasteiger partial charge in [0.05, 0.1) is 19.0 Å². The molecule has 0 amide bonds. The summed E-state index contributed by atoms with van der Waals surface area (Å²) >= 11 is 0. The minimum atomic E-state index is -1.08. The number of hydrogen-bond acceptors (Lipinski definition) is 6. The van der Waals surface area contributed by atoms with Crippen LogP contribution in [0.4, 0.5) is 0 Å². The van der Waals surface area contributed by atoms with Gasteiger partial charge in [-0.2, -0.15) is 0 Å². The summed E-state index contributed by atoms with van der Waals surface area (Å²) in [6.45, 7) is 2.90. The zero-order valence-corrected chi connectivity index (χ0v) is 26.7. The smallest absolute Gasteiger partial charge is 0.316 e. The maximum absolute atomic E-state index is 12.7. The fraction of sp³-hybridized carbons (Fsp3) is 0.735. The van der Waals surface area contributed by atoms with Crippen molar-refractivity contribution in [2.45, 2.75) is 115 Å². The second-order valence-corrected chi connectivity index (χ2v) is 13.3. The lowest BCUT2D eigenvalue weighted by molar-refractivity contribution is -0.698. The van der Waals surface area contributed by atoms with Gasteiger partial charge < -0.3 is 14.2 Å². The Morgan fingerprint density at radius 3 is 2.14 bits per heavy atom. The van der Waals surface area contributed by atoms with Crippen LogP contribution in [0, 0.1) is 5.92 Å². The molecule has 42 heavy (non-hydrogen) atoms. The van der Waals surface area contributed by atoms with Crippen molar-refractivity contribution < 1.29 is 23.0 Å². The van der Waals surface area contributed by atoms with Crippen LogP contribution in [0.1, 0.15) is 103 Å². The summed E-state index contributed by atoms with van der Waals surface area (Å²) in [5.41, 5.74) is 0. The van der Waals surface area contributed by atoms with E-state index in [4.69, 9.17) is 14.2 Å². The number of aromatic nitrogens is 3. The van der Waals surface area contributed by atoms with Gasteiger partial charge in [-0.3, -0.25) is 4.21 Å². The Hall–Kier alpha value is -1.90. The largest absolute Gasteiger partial charge is 0.457 e. The molecule has 2 atom stereocenters. The molecule has 2 heterocycles. The van der Waals surface area contributed by atoms with E-state index in [1.165, 1.54) is 96.3 Å². The summed E-state index contributed by atoms with van der Waals surface area (Å²) in [6, 6.07) is 8.03. The normalized spacial score (nSPS) is 15.4. The van der Waals surface area contributed by atoms with E-state index in [1.807, 2.05) is 30.6 Å². The predicted molar refractivity (Wildman–Crippen MR) is 170 cm³/mol. The number of unbranched alkanes of at least 4 members (excludes halogenated alkanes) is 9. The molecule has 1 aliphatic rings. The van der Waals surface area contributed by atoms with Crippen molar-refractivity contribution in [3.05, 3.63) is 49.1 Å². The summed E-state index contributed by atoms with van der Waals surface area (Å²) < 4.78 is 32.4. The molecule has 2 aromatic heterocycles. The van der Waals surface area contributed by atoms with Crippen LogP contribution in [-0.2, 0) is 26.8 Å². The van der Waals surface area contributed by atoms with Gasteiger partial charge in [0.1, 0.15) is 12.7 Å². The predicted octanol–water partition coefficient (Wildman–Crippen LogP) is 6.87. The van der Waals surface area contributed by atoms with Gasteiger partial charge in [-0.05, 0) is 18.4 Å². The molecule has 0 N–H and O–H groups in total. The molecule has 2 aromatic rings. The Morgan fingerprint density at radius 1 is 0.762 bits per heavy atom. The Morgan fingerprint density at radius 2 is 1.43 bits per heavy atom. The second-order valence-electron chi connectivity index (χ2n) is 11.7. The van der Waals surface area contributed by atoms with Crippen molar-refractivity contribution in [2.24, 2.45) is 5.92 Å². The van der Waals surface area contributed by atoms with Crippen LogP contribution in [0.15, 0.2) is 49.1 Å². The summed E-state index contributed by atoms with van der Waals surface area (Å²) in [7, 11) is -1.08. The molecular formula is C34H56N3O4S+. The first kappa shape index (κ1) is 34.6. The van der Waals surface area contributed by atoms with Gasteiger partial charge in [-0.1, -0.05) is 102 Å². The minimum Gasteiger partial charge on any atom is -0.457 e. The van der Waals surface area contributed by atoms with E-state index in [0.29, 0.717) is 43.9 Å². The first-order chi connectivity index (χ1) is 20.8. The lowest BCUT2D eigenvalue weighted by Gasteiger charge is -2.21. The van der Waals surface area contributed by atoms with E-state index in [1.54, 1.807) is 18.5 Å². The van der Waals surface area contributed by atoms with E-state index in [-0.39, 0.29) is 6.10 Å². The van der Waals surface area contributed by atoms with Gasteiger partial charge in [0, 0.05) is 47.7 Å². The Kier molecular flexibility index (Phi) is 19.4. The minimum absolute atomic E-state index is 0.295. The Bertz CT molecular complexity index is 916. The molecule has 1 fully saturated rings. The third-order valence-corrected chi connectivity index (χ3v) is 9.46. The van der Waals surface area contributed by atoms with Crippen molar-refractivity contribution in [1.82, 2.24) is 9.97 Å². The first-order valence-corrected chi connectivity index (χ1v) is 18.2. The molecule has 0 aliphatic heterocycles. The van der Waals surface area contributed by atoms with E-state index in [2.05, 4.69) is 14.5 Å². The second kappa shape index (κ2) is 23.5. The molecule has 236 valence electrons. The molecule has 3 rings (SSSR count). The standard InChI is InChI=1S/C34H56N3O4S/c38-42(29-28-39-27-25-37-23-14-10-15-24-37)31-33(41-34-35-21-17-22-36-34)30-40-26-16-8-6-4-2-1-3-5-7-11-18-32-19-12-9-13-20-32/h10,14-15,17,21-24,32-33H,1-9,11-13,16,18-20,25-31H2/q+1.